The van der Waals surface area contributed by atoms with E-state index in [4.69, 9.17) is 10.4 Å². The van der Waals surface area contributed by atoms with Crippen LogP contribution in [0.3, 0.4) is 0 Å². The Balaban J connectivity index is 3.28. The van der Waals surface area contributed by atoms with Crippen LogP contribution in [0.5, 0.6) is 11.5 Å². The third kappa shape index (κ3) is 1.71. The minimum atomic E-state index is -3.00. The van der Waals surface area contributed by atoms with Crippen molar-refractivity contribution in [2.45, 2.75) is 12.8 Å². The maximum Gasteiger partial charge on any atom is 0.271 e. The number of aromatic nitrogens is 1. The smallest absolute Gasteiger partial charge is 0.271 e. The van der Waals surface area contributed by atoms with Gasteiger partial charge in [0.2, 0.25) is 0 Å². The molecule has 0 aliphatic carbocycles. The van der Waals surface area contributed by atoms with Crippen LogP contribution in [0.4, 0.5) is 8.78 Å². The quantitative estimate of drug-likeness (QED) is 0.758. The van der Waals surface area contributed by atoms with Gasteiger partial charge in [0.25, 0.3) is 6.43 Å². The fourth-order valence-corrected chi connectivity index (χ4v) is 0.966. The van der Waals surface area contributed by atoms with Crippen LogP contribution in [-0.4, -0.2) is 15.2 Å². The van der Waals surface area contributed by atoms with Gasteiger partial charge in [-0.05, 0) is 0 Å². The topological polar surface area (TPSA) is 77.1 Å². The van der Waals surface area contributed by atoms with Gasteiger partial charge < -0.3 is 10.2 Å². The Hall–Kier alpha value is -1.90. The van der Waals surface area contributed by atoms with Gasteiger partial charge in [0, 0.05) is 0 Å². The van der Waals surface area contributed by atoms with Crippen LogP contribution < -0.4 is 0 Å². The second kappa shape index (κ2) is 3.87. The number of nitrogens with zero attached hydrogens (tertiary/aromatic N) is 2. The zero-order valence-corrected chi connectivity index (χ0v) is 6.91. The lowest BCUT2D eigenvalue weighted by Gasteiger charge is -2.07. The van der Waals surface area contributed by atoms with E-state index in [0.29, 0.717) is 0 Å². The molecule has 1 aromatic rings. The van der Waals surface area contributed by atoms with Crippen molar-refractivity contribution in [3.63, 3.8) is 0 Å². The molecule has 0 spiro atoms. The standard InChI is InChI=1S/C8H6F2N2O2/c9-8(10)6-5(13)3-12-4(1-2-11)7(6)14/h3,8,13-14H,1H2. The molecule has 0 atom stereocenters. The highest BCUT2D eigenvalue weighted by atomic mass is 19.3. The normalized spacial score (nSPS) is 10.1. The minimum Gasteiger partial charge on any atom is -0.506 e. The highest BCUT2D eigenvalue weighted by molar-refractivity contribution is 5.45. The van der Waals surface area contributed by atoms with Crippen molar-refractivity contribution < 1.29 is 19.0 Å². The Kier molecular flexibility index (Phi) is 2.82. The first-order valence-corrected chi connectivity index (χ1v) is 3.62. The summed E-state index contributed by atoms with van der Waals surface area (Å²) in [7, 11) is 0. The molecule has 2 N–H and O–H groups in total. The predicted molar refractivity (Wildman–Crippen MR) is 41.8 cm³/mol. The lowest BCUT2D eigenvalue weighted by Crippen LogP contribution is -1.95. The van der Waals surface area contributed by atoms with Gasteiger partial charge in [0.15, 0.2) is 5.75 Å². The van der Waals surface area contributed by atoms with Crippen molar-refractivity contribution in [3.05, 3.63) is 17.5 Å². The maximum absolute atomic E-state index is 12.3. The molecule has 14 heavy (non-hydrogen) atoms. The van der Waals surface area contributed by atoms with Crippen LogP contribution >= 0.6 is 0 Å². The van der Waals surface area contributed by atoms with Crippen LogP contribution in [0, 0.1) is 11.3 Å². The molecule has 0 bridgehead atoms. The average Bonchev–Trinajstić information content (AvgIpc) is 2.10. The number of alkyl halides is 2. The molecule has 0 amide bonds. The van der Waals surface area contributed by atoms with E-state index in [1.165, 1.54) is 0 Å². The minimum absolute atomic E-state index is 0.166. The zero-order chi connectivity index (χ0) is 10.7. The third-order valence-electron chi connectivity index (χ3n) is 1.61. The summed E-state index contributed by atoms with van der Waals surface area (Å²) < 4.78 is 24.6. The monoisotopic (exact) mass is 200 g/mol. The maximum atomic E-state index is 12.3. The molecule has 0 saturated heterocycles. The molecule has 0 aromatic carbocycles. The van der Waals surface area contributed by atoms with Gasteiger partial charge in [0.05, 0.1) is 24.4 Å². The van der Waals surface area contributed by atoms with Crippen LogP contribution in [0.1, 0.15) is 17.7 Å². The third-order valence-corrected chi connectivity index (χ3v) is 1.61. The SMILES string of the molecule is N#CCc1ncc(O)c(C(F)F)c1O. The number of halogens is 2. The van der Waals surface area contributed by atoms with Gasteiger partial charge >= 0.3 is 0 Å². The zero-order valence-electron chi connectivity index (χ0n) is 6.91. The van der Waals surface area contributed by atoms with E-state index in [2.05, 4.69) is 4.98 Å². The van der Waals surface area contributed by atoms with Crippen molar-refractivity contribution >= 4 is 0 Å². The molecule has 6 heteroatoms. The number of nitriles is 1. The molecular formula is C8H6F2N2O2. The molecule has 1 heterocycles. The lowest BCUT2D eigenvalue weighted by molar-refractivity contribution is 0.143. The van der Waals surface area contributed by atoms with Crippen LogP contribution in [0.25, 0.3) is 0 Å². The molecule has 0 fully saturated rings. The van der Waals surface area contributed by atoms with E-state index >= 15 is 0 Å². The Morgan fingerprint density at radius 1 is 1.50 bits per heavy atom. The van der Waals surface area contributed by atoms with Crippen LogP contribution in [0.15, 0.2) is 6.20 Å². The molecule has 1 aromatic heterocycles. The summed E-state index contributed by atoms with van der Waals surface area (Å²) in [6, 6.07) is 1.66. The fourth-order valence-electron chi connectivity index (χ4n) is 0.966. The number of pyridine rings is 1. The summed E-state index contributed by atoms with van der Waals surface area (Å²) in [5.74, 6) is -1.60. The summed E-state index contributed by atoms with van der Waals surface area (Å²) in [6.45, 7) is 0. The number of hydrogen-bond donors (Lipinski definition) is 2. The Labute approximate surface area is 78.1 Å². The van der Waals surface area contributed by atoms with Crippen molar-refractivity contribution in [1.82, 2.24) is 4.98 Å². The van der Waals surface area contributed by atoms with E-state index in [9.17, 15) is 13.9 Å². The van der Waals surface area contributed by atoms with Crippen LogP contribution in [0.2, 0.25) is 0 Å². The van der Waals surface area contributed by atoms with Gasteiger partial charge in [-0.2, -0.15) is 5.26 Å². The van der Waals surface area contributed by atoms with Gasteiger partial charge in [0.1, 0.15) is 11.3 Å². The molecular weight excluding hydrogens is 194 g/mol. The molecule has 4 nitrogen and oxygen atoms in total. The Bertz CT molecular complexity index is 388. The summed E-state index contributed by atoms with van der Waals surface area (Å²) in [6.07, 6.45) is -2.50. The first kappa shape index (κ1) is 10.2. The molecule has 0 aliphatic rings. The van der Waals surface area contributed by atoms with Gasteiger partial charge in [-0.15, -0.1) is 0 Å². The highest BCUT2D eigenvalue weighted by Gasteiger charge is 2.21. The van der Waals surface area contributed by atoms with Crippen molar-refractivity contribution in [2.75, 3.05) is 0 Å². The highest BCUT2D eigenvalue weighted by Crippen LogP contribution is 2.36. The number of hydrogen-bond acceptors (Lipinski definition) is 4. The first-order valence-electron chi connectivity index (χ1n) is 3.62. The van der Waals surface area contributed by atoms with E-state index in [0.717, 1.165) is 6.20 Å². The van der Waals surface area contributed by atoms with Crippen LogP contribution in [-0.2, 0) is 6.42 Å². The Morgan fingerprint density at radius 3 is 2.64 bits per heavy atom. The average molecular weight is 200 g/mol. The Morgan fingerprint density at radius 2 is 2.14 bits per heavy atom. The predicted octanol–water partition coefficient (Wildman–Crippen LogP) is 1.50. The van der Waals surface area contributed by atoms with E-state index < -0.39 is 23.5 Å². The van der Waals surface area contributed by atoms with Gasteiger partial charge in [-0.3, -0.25) is 4.98 Å². The second-order valence-corrected chi connectivity index (χ2v) is 2.49. The van der Waals surface area contributed by atoms with E-state index in [1.54, 1.807) is 6.07 Å². The summed E-state index contributed by atoms with van der Waals surface area (Å²) in [5, 5.41) is 26.5. The first-order chi connectivity index (χ1) is 6.57. The van der Waals surface area contributed by atoms with Crippen molar-refractivity contribution in [1.29, 1.82) is 5.26 Å². The molecule has 0 saturated carbocycles. The van der Waals surface area contributed by atoms with Crippen molar-refractivity contribution in [3.8, 4) is 17.6 Å². The molecule has 0 unspecified atom stereocenters. The molecule has 0 aliphatic heterocycles. The lowest BCUT2D eigenvalue weighted by atomic mass is 10.1. The molecule has 74 valence electrons. The summed E-state index contributed by atoms with van der Waals surface area (Å²) in [5.41, 5.74) is -1.05. The van der Waals surface area contributed by atoms with Crippen molar-refractivity contribution in [2.24, 2.45) is 0 Å². The molecule has 1 rings (SSSR count). The molecule has 0 radical (unpaired) electrons. The summed E-state index contributed by atoms with van der Waals surface area (Å²) >= 11 is 0. The van der Waals surface area contributed by atoms with E-state index in [-0.39, 0.29) is 12.1 Å². The summed E-state index contributed by atoms with van der Waals surface area (Å²) in [4.78, 5) is 3.45. The van der Waals surface area contributed by atoms with Gasteiger partial charge in [-0.25, -0.2) is 8.78 Å². The van der Waals surface area contributed by atoms with Gasteiger partial charge in [-0.1, -0.05) is 0 Å². The number of rotatable bonds is 2. The fraction of sp³-hybridized carbons (Fsp3) is 0.250. The van der Waals surface area contributed by atoms with E-state index in [1.807, 2.05) is 0 Å². The number of aromatic hydroxyl groups is 2. The largest absolute Gasteiger partial charge is 0.506 e. The second-order valence-electron chi connectivity index (χ2n) is 2.49.